The van der Waals surface area contributed by atoms with Crippen molar-refractivity contribution < 1.29 is 14.6 Å². The van der Waals surface area contributed by atoms with Gasteiger partial charge in [-0.3, -0.25) is 0 Å². The third kappa shape index (κ3) is 2.43. The van der Waals surface area contributed by atoms with E-state index in [2.05, 4.69) is 15.9 Å². The SMILES string of the molecule is COc1cc(O)cc(Br)c1OC1CCCC1. The van der Waals surface area contributed by atoms with Crippen LogP contribution >= 0.6 is 15.9 Å². The molecule has 0 aromatic heterocycles. The van der Waals surface area contributed by atoms with Crippen LogP contribution in [0.1, 0.15) is 25.7 Å². The Morgan fingerprint density at radius 3 is 2.62 bits per heavy atom. The highest BCUT2D eigenvalue weighted by Gasteiger charge is 2.20. The van der Waals surface area contributed by atoms with Gasteiger partial charge in [-0.1, -0.05) is 0 Å². The Labute approximate surface area is 104 Å². The number of rotatable bonds is 3. The lowest BCUT2D eigenvalue weighted by molar-refractivity contribution is 0.199. The van der Waals surface area contributed by atoms with Gasteiger partial charge in [-0.25, -0.2) is 0 Å². The van der Waals surface area contributed by atoms with Gasteiger partial charge in [-0.05, 0) is 47.7 Å². The van der Waals surface area contributed by atoms with Gasteiger partial charge in [0, 0.05) is 6.07 Å². The van der Waals surface area contributed by atoms with Gasteiger partial charge in [0.25, 0.3) is 0 Å². The Kier molecular flexibility index (Phi) is 3.59. The predicted octanol–water partition coefficient (Wildman–Crippen LogP) is 3.48. The second-order valence-corrected chi connectivity index (χ2v) is 4.84. The van der Waals surface area contributed by atoms with Crippen molar-refractivity contribution in [2.24, 2.45) is 0 Å². The van der Waals surface area contributed by atoms with Crippen molar-refractivity contribution in [3.8, 4) is 17.2 Å². The third-order valence-corrected chi connectivity index (χ3v) is 3.39. The summed E-state index contributed by atoms with van der Waals surface area (Å²) < 4.78 is 11.8. The van der Waals surface area contributed by atoms with Gasteiger partial charge < -0.3 is 14.6 Å². The first kappa shape index (κ1) is 11.6. The van der Waals surface area contributed by atoms with E-state index in [1.54, 1.807) is 19.2 Å². The molecule has 0 bridgehead atoms. The maximum atomic E-state index is 9.44. The number of phenolic OH excluding ortho intramolecular Hbond substituents is 1. The van der Waals surface area contributed by atoms with Gasteiger partial charge in [0.15, 0.2) is 11.5 Å². The molecule has 0 amide bonds. The molecular formula is C12H15BrO3. The normalized spacial score (nSPS) is 16.4. The Morgan fingerprint density at radius 2 is 2.00 bits per heavy atom. The van der Waals surface area contributed by atoms with E-state index in [0.29, 0.717) is 11.5 Å². The molecule has 0 radical (unpaired) electrons. The number of methoxy groups -OCH3 is 1. The van der Waals surface area contributed by atoms with Gasteiger partial charge >= 0.3 is 0 Å². The second-order valence-electron chi connectivity index (χ2n) is 3.98. The highest BCUT2D eigenvalue weighted by Crippen LogP contribution is 2.40. The Bertz CT molecular complexity index is 373. The summed E-state index contributed by atoms with van der Waals surface area (Å²) in [6, 6.07) is 3.18. The van der Waals surface area contributed by atoms with Gasteiger partial charge in [0.05, 0.1) is 17.7 Å². The lowest BCUT2D eigenvalue weighted by atomic mass is 10.2. The van der Waals surface area contributed by atoms with Gasteiger partial charge in [-0.2, -0.15) is 0 Å². The third-order valence-electron chi connectivity index (χ3n) is 2.80. The molecule has 16 heavy (non-hydrogen) atoms. The van der Waals surface area contributed by atoms with Crippen LogP contribution in [0.3, 0.4) is 0 Å². The molecule has 0 unspecified atom stereocenters. The highest BCUT2D eigenvalue weighted by atomic mass is 79.9. The summed E-state index contributed by atoms with van der Waals surface area (Å²) >= 11 is 3.38. The maximum Gasteiger partial charge on any atom is 0.175 e. The number of halogens is 1. The number of phenols is 1. The van der Waals surface area contributed by atoms with E-state index in [1.165, 1.54) is 12.8 Å². The molecule has 0 atom stereocenters. The van der Waals surface area contributed by atoms with Crippen molar-refractivity contribution >= 4 is 15.9 Å². The first-order valence-corrected chi connectivity index (χ1v) is 6.23. The monoisotopic (exact) mass is 286 g/mol. The van der Waals surface area contributed by atoms with Crippen LogP contribution in [0.25, 0.3) is 0 Å². The molecule has 0 spiro atoms. The van der Waals surface area contributed by atoms with Crippen LogP contribution in [-0.4, -0.2) is 18.3 Å². The molecular weight excluding hydrogens is 272 g/mol. The molecule has 0 aliphatic heterocycles. The molecule has 1 aromatic rings. The van der Waals surface area contributed by atoms with Crippen molar-refractivity contribution in [3.05, 3.63) is 16.6 Å². The number of benzene rings is 1. The van der Waals surface area contributed by atoms with E-state index in [4.69, 9.17) is 9.47 Å². The molecule has 1 aliphatic rings. The summed E-state index contributed by atoms with van der Waals surface area (Å²) in [6.07, 6.45) is 4.91. The smallest absolute Gasteiger partial charge is 0.175 e. The van der Waals surface area contributed by atoms with Crippen LogP contribution in [0.4, 0.5) is 0 Å². The second kappa shape index (κ2) is 4.95. The van der Waals surface area contributed by atoms with Crippen LogP contribution in [0.15, 0.2) is 16.6 Å². The fourth-order valence-corrected chi connectivity index (χ4v) is 2.52. The number of ether oxygens (including phenoxy) is 2. The van der Waals surface area contributed by atoms with E-state index < -0.39 is 0 Å². The number of aromatic hydroxyl groups is 1. The Balaban J connectivity index is 2.23. The van der Waals surface area contributed by atoms with Gasteiger partial charge in [-0.15, -0.1) is 0 Å². The molecule has 2 rings (SSSR count). The molecule has 0 heterocycles. The lowest BCUT2D eigenvalue weighted by Crippen LogP contribution is -2.11. The van der Waals surface area contributed by atoms with Crippen molar-refractivity contribution in [2.45, 2.75) is 31.8 Å². The van der Waals surface area contributed by atoms with Crippen LogP contribution < -0.4 is 9.47 Å². The highest BCUT2D eigenvalue weighted by molar-refractivity contribution is 9.10. The molecule has 1 saturated carbocycles. The quantitative estimate of drug-likeness (QED) is 0.925. The molecule has 3 nitrogen and oxygen atoms in total. The van der Waals surface area contributed by atoms with E-state index in [-0.39, 0.29) is 11.9 Å². The van der Waals surface area contributed by atoms with E-state index in [1.807, 2.05) is 0 Å². The zero-order valence-corrected chi connectivity index (χ0v) is 10.8. The summed E-state index contributed by atoms with van der Waals surface area (Å²) in [7, 11) is 1.57. The van der Waals surface area contributed by atoms with Gasteiger partial charge in [0.1, 0.15) is 5.75 Å². The summed E-state index contributed by atoms with van der Waals surface area (Å²) in [5.74, 6) is 1.42. The fourth-order valence-electron chi connectivity index (χ4n) is 1.99. The van der Waals surface area contributed by atoms with Crippen LogP contribution in [0, 0.1) is 0 Å². The minimum absolute atomic E-state index is 0.169. The topological polar surface area (TPSA) is 38.7 Å². The van der Waals surface area contributed by atoms with E-state index >= 15 is 0 Å². The summed E-state index contributed by atoms with van der Waals surface area (Å²) in [5, 5.41) is 9.44. The number of hydrogen-bond donors (Lipinski definition) is 1. The Hall–Kier alpha value is -0.900. The molecule has 1 aliphatic carbocycles. The molecule has 1 fully saturated rings. The predicted molar refractivity (Wildman–Crippen MR) is 65.2 cm³/mol. The van der Waals surface area contributed by atoms with Crippen LogP contribution in [-0.2, 0) is 0 Å². The summed E-state index contributed by atoms with van der Waals surface area (Å²) in [5.41, 5.74) is 0. The zero-order chi connectivity index (χ0) is 11.5. The lowest BCUT2D eigenvalue weighted by Gasteiger charge is -2.17. The zero-order valence-electron chi connectivity index (χ0n) is 9.20. The average Bonchev–Trinajstić information content (AvgIpc) is 2.74. The summed E-state index contributed by atoms with van der Waals surface area (Å²) in [4.78, 5) is 0. The largest absolute Gasteiger partial charge is 0.508 e. The summed E-state index contributed by atoms with van der Waals surface area (Å²) in [6.45, 7) is 0. The molecule has 4 heteroatoms. The van der Waals surface area contributed by atoms with Crippen LogP contribution in [0.2, 0.25) is 0 Å². The van der Waals surface area contributed by atoms with Crippen molar-refractivity contribution in [2.75, 3.05) is 7.11 Å². The molecule has 88 valence electrons. The maximum absolute atomic E-state index is 9.44. The fraction of sp³-hybridized carbons (Fsp3) is 0.500. The molecule has 1 aromatic carbocycles. The van der Waals surface area contributed by atoms with Crippen molar-refractivity contribution in [1.82, 2.24) is 0 Å². The molecule has 0 saturated heterocycles. The van der Waals surface area contributed by atoms with E-state index in [0.717, 1.165) is 17.3 Å². The van der Waals surface area contributed by atoms with E-state index in [9.17, 15) is 5.11 Å². The number of hydrogen-bond acceptors (Lipinski definition) is 3. The van der Waals surface area contributed by atoms with Crippen molar-refractivity contribution in [3.63, 3.8) is 0 Å². The Morgan fingerprint density at radius 1 is 1.31 bits per heavy atom. The average molecular weight is 287 g/mol. The first-order valence-electron chi connectivity index (χ1n) is 5.44. The minimum atomic E-state index is 0.169. The standard InChI is InChI=1S/C12H15BrO3/c1-15-11-7-8(14)6-10(13)12(11)16-9-4-2-3-5-9/h6-7,9,14H,2-5H2,1H3. The van der Waals surface area contributed by atoms with Crippen molar-refractivity contribution in [1.29, 1.82) is 0 Å². The minimum Gasteiger partial charge on any atom is -0.508 e. The van der Waals surface area contributed by atoms with Gasteiger partial charge in [0.2, 0.25) is 0 Å². The van der Waals surface area contributed by atoms with Crippen LogP contribution in [0.5, 0.6) is 17.2 Å². The first-order chi connectivity index (χ1) is 7.70. The molecule has 1 N–H and O–H groups in total.